The van der Waals surface area contributed by atoms with Crippen molar-refractivity contribution in [2.75, 3.05) is 25.9 Å². The molecule has 1 N–H and O–H groups in total. The minimum absolute atomic E-state index is 0.0565. The number of sulfonamides is 1. The Kier molecular flexibility index (Phi) is 6.69. The van der Waals surface area contributed by atoms with Gasteiger partial charge in [-0.25, -0.2) is 18.1 Å². The van der Waals surface area contributed by atoms with Crippen LogP contribution in [0.5, 0.6) is 5.75 Å². The monoisotopic (exact) mass is 423 g/mol. The van der Waals surface area contributed by atoms with Crippen LogP contribution in [-0.2, 0) is 16.6 Å². The molecular weight excluding hydrogens is 398 g/mol. The molecule has 2 aromatic rings. The maximum Gasteiger partial charge on any atom is 0.253 e. The van der Waals surface area contributed by atoms with E-state index in [-0.39, 0.29) is 11.8 Å². The summed E-state index contributed by atoms with van der Waals surface area (Å²) in [6, 6.07) is 7.16. The van der Waals surface area contributed by atoms with Crippen LogP contribution in [0.4, 0.5) is 0 Å². The van der Waals surface area contributed by atoms with Gasteiger partial charge in [0, 0.05) is 30.6 Å². The highest BCUT2D eigenvalue weighted by Gasteiger charge is 2.25. The third kappa shape index (κ3) is 6.02. The van der Waals surface area contributed by atoms with E-state index in [2.05, 4.69) is 9.71 Å². The van der Waals surface area contributed by atoms with E-state index in [0.29, 0.717) is 37.6 Å². The highest BCUT2D eigenvalue weighted by molar-refractivity contribution is 7.88. The molecular formula is C19H25N3O4S2. The second-order valence-electron chi connectivity index (χ2n) is 7.05. The van der Waals surface area contributed by atoms with Crippen molar-refractivity contribution in [3.8, 4) is 5.75 Å². The van der Waals surface area contributed by atoms with Crippen molar-refractivity contribution in [3.63, 3.8) is 0 Å². The number of rotatable bonds is 7. The molecule has 28 heavy (non-hydrogen) atoms. The van der Waals surface area contributed by atoms with Gasteiger partial charge in [-0.05, 0) is 43.9 Å². The van der Waals surface area contributed by atoms with Crippen molar-refractivity contribution < 1.29 is 17.9 Å². The van der Waals surface area contributed by atoms with Crippen molar-refractivity contribution in [3.05, 3.63) is 45.9 Å². The highest BCUT2D eigenvalue weighted by atomic mass is 32.2. The van der Waals surface area contributed by atoms with Crippen LogP contribution in [-0.4, -0.2) is 50.1 Å². The molecule has 0 saturated carbocycles. The summed E-state index contributed by atoms with van der Waals surface area (Å²) in [4.78, 5) is 19.1. The number of benzene rings is 1. The molecule has 2 heterocycles. The van der Waals surface area contributed by atoms with E-state index in [1.165, 1.54) is 0 Å². The number of aryl methyl sites for hydroxylation is 1. The minimum atomic E-state index is -3.22. The number of aromatic nitrogens is 1. The van der Waals surface area contributed by atoms with Gasteiger partial charge in [-0.3, -0.25) is 4.79 Å². The van der Waals surface area contributed by atoms with Crippen molar-refractivity contribution >= 4 is 27.3 Å². The molecule has 152 valence electrons. The van der Waals surface area contributed by atoms with Crippen LogP contribution < -0.4 is 9.46 Å². The summed E-state index contributed by atoms with van der Waals surface area (Å²) in [6.07, 6.45) is 2.92. The second-order valence-corrected chi connectivity index (χ2v) is 9.95. The Bertz CT molecular complexity index is 927. The summed E-state index contributed by atoms with van der Waals surface area (Å²) in [7, 11) is -3.22. The predicted octanol–water partition coefficient (Wildman–Crippen LogP) is 2.43. The van der Waals surface area contributed by atoms with Crippen molar-refractivity contribution in [1.29, 1.82) is 0 Å². The van der Waals surface area contributed by atoms with Crippen molar-refractivity contribution in [2.45, 2.75) is 26.4 Å². The van der Waals surface area contributed by atoms with Gasteiger partial charge in [0.1, 0.15) is 12.4 Å². The van der Waals surface area contributed by atoms with Crippen LogP contribution in [0, 0.1) is 12.8 Å². The molecule has 3 rings (SSSR count). The van der Waals surface area contributed by atoms with E-state index >= 15 is 0 Å². The molecule has 1 unspecified atom stereocenters. The number of amides is 1. The molecule has 1 aromatic heterocycles. The molecule has 1 fully saturated rings. The van der Waals surface area contributed by atoms with Crippen LogP contribution in [0.2, 0.25) is 0 Å². The van der Waals surface area contributed by atoms with Gasteiger partial charge in [-0.1, -0.05) is 6.07 Å². The number of hydrogen-bond donors (Lipinski definition) is 1. The maximum atomic E-state index is 12.9. The number of ether oxygens (including phenoxy) is 1. The average molecular weight is 424 g/mol. The molecule has 1 aliphatic rings. The molecule has 1 amide bonds. The van der Waals surface area contributed by atoms with Crippen molar-refractivity contribution in [1.82, 2.24) is 14.6 Å². The zero-order chi connectivity index (χ0) is 20.1. The van der Waals surface area contributed by atoms with Crippen molar-refractivity contribution in [2.24, 2.45) is 5.92 Å². The third-order valence-electron chi connectivity index (χ3n) is 4.57. The van der Waals surface area contributed by atoms with Crippen LogP contribution in [0.1, 0.15) is 33.9 Å². The Balaban J connectivity index is 1.60. The molecule has 1 saturated heterocycles. The van der Waals surface area contributed by atoms with E-state index in [9.17, 15) is 13.2 Å². The first-order valence-corrected chi connectivity index (χ1v) is 11.9. The summed E-state index contributed by atoms with van der Waals surface area (Å²) < 4.78 is 30.9. The first-order chi connectivity index (χ1) is 13.3. The molecule has 7 nitrogen and oxygen atoms in total. The van der Waals surface area contributed by atoms with E-state index in [4.69, 9.17) is 4.74 Å². The lowest BCUT2D eigenvalue weighted by atomic mass is 9.97. The number of nitrogens with one attached hydrogen (secondary N) is 1. The van der Waals surface area contributed by atoms with Gasteiger partial charge in [0.05, 0.1) is 17.0 Å². The number of carbonyl (C=O) groups excluding carboxylic acids is 1. The molecule has 0 spiro atoms. The number of likely N-dealkylation sites (tertiary alicyclic amines) is 1. The zero-order valence-corrected chi connectivity index (χ0v) is 17.7. The summed E-state index contributed by atoms with van der Waals surface area (Å²) in [6.45, 7) is 3.90. The van der Waals surface area contributed by atoms with Gasteiger partial charge >= 0.3 is 0 Å². The molecule has 9 heteroatoms. The van der Waals surface area contributed by atoms with E-state index in [0.717, 1.165) is 29.8 Å². The largest absolute Gasteiger partial charge is 0.487 e. The number of carbonyl (C=O) groups is 1. The zero-order valence-electron chi connectivity index (χ0n) is 16.1. The molecule has 0 aliphatic carbocycles. The lowest BCUT2D eigenvalue weighted by molar-refractivity contribution is 0.0676. The Morgan fingerprint density at radius 3 is 2.96 bits per heavy atom. The second kappa shape index (κ2) is 9.02. The van der Waals surface area contributed by atoms with Crippen LogP contribution in [0.15, 0.2) is 29.6 Å². The fourth-order valence-corrected chi connectivity index (χ4v) is 4.35. The van der Waals surface area contributed by atoms with Gasteiger partial charge in [-0.15, -0.1) is 11.3 Å². The molecule has 1 aliphatic heterocycles. The van der Waals surface area contributed by atoms with E-state index in [1.54, 1.807) is 28.4 Å². The normalized spacial score (nSPS) is 17.5. The van der Waals surface area contributed by atoms with Gasteiger partial charge in [0.15, 0.2) is 0 Å². The fourth-order valence-electron chi connectivity index (χ4n) is 3.22. The maximum absolute atomic E-state index is 12.9. The number of nitrogens with zero attached hydrogens (tertiary/aromatic N) is 2. The molecule has 0 radical (unpaired) electrons. The number of thiazole rings is 1. The quantitative estimate of drug-likeness (QED) is 0.739. The van der Waals surface area contributed by atoms with Crippen LogP contribution in [0.25, 0.3) is 0 Å². The van der Waals surface area contributed by atoms with Crippen LogP contribution >= 0.6 is 11.3 Å². The average Bonchev–Trinajstić information content (AvgIpc) is 3.09. The first kappa shape index (κ1) is 20.8. The summed E-state index contributed by atoms with van der Waals surface area (Å²) in [5, 5.41) is 2.95. The topological polar surface area (TPSA) is 88.6 Å². The van der Waals surface area contributed by atoms with E-state index < -0.39 is 10.0 Å². The smallest absolute Gasteiger partial charge is 0.253 e. The predicted molar refractivity (Wildman–Crippen MR) is 109 cm³/mol. The lowest BCUT2D eigenvalue weighted by Crippen LogP contribution is -2.43. The Morgan fingerprint density at radius 1 is 1.43 bits per heavy atom. The Labute approximate surface area is 169 Å². The summed E-state index contributed by atoms with van der Waals surface area (Å²) in [5.41, 5.74) is 1.44. The van der Waals surface area contributed by atoms with Crippen LogP contribution in [0.3, 0.4) is 0 Å². The number of piperidine rings is 1. The molecule has 1 aromatic carbocycles. The summed E-state index contributed by atoms with van der Waals surface area (Å²) >= 11 is 1.58. The van der Waals surface area contributed by atoms with Gasteiger partial charge < -0.3 is 9.64 Å². The van der Waals surface area contributed by atoms with Gasteiger partial charge in [0.25, 0.3) is 5.91 Å². The Hall–Kier alpha value is -1.97. The lowest BCUT2D eigenvalue weighted by Gasteiger charge is -2.33. The Morgan fingerprint density at radius 2 is 2.25 bits per heavy atom. The first-order valence-electron chi connectivity index (χ1n) is 9.18. The summed E-state index contributed by atoms with van der Waals surface area (Å²) in [5.74, 6) is 0.697. The fraction of sp³-hybridized carbons (Fsp3) is 0.474. The number of hydrogen-bond acceptors (Lipinski definition) is 6. The molecule has 0 bridgehead atoms. The third-order valence-corrected chi connectivity index (χ3v) is 6.09. The van der Waals surface area contributed by atoms with Gasteiger partial charge in [0.2, 0.25) is 10.0 Å². The SMILES string of the molecule is Cc1nc(COc2cccc(C(=O)N3CCCC(CNS(C)(=O)=O)C3)c2)cs1. The van der Waals surface area contributed by atoms with E-state index in [1.807, 2.05) is 24.4 Å². The standard InChI is InChI=1S/C19H25N3O4S2/c1-14-21-17(13-27-14)12-26-18-7-3-6-16(9-18)19(23)22-8-4-5-15(11-22)10-20-28(2,24)25/h3,6-7,9,13,15,20H,4-5,8,10-12H2,1-2H3. The highest BCUT2D eigenvalue weighted by Crippen LogP contribution is 2.21. The minimum Gasteiger partial charge on any atom is -0.487 e. The van der Waals surface area contributed by atoms with Gasteiger partial charge in [-0.2, -0.15) is 0 Å². The molecule has 1 atom stereocenters.